The van der Waals surface area contributed by atoms with Crippen molar-refractivity contribution in [2.75, 3.05) is 50.8 Å². The van der Waals surface area contributed by atoms with Gasteiger partial charge in [0.2, 0.25) is 5.91 Å². The molecule has 9 heteroatoms. The second-order valence-corrected chi connectivity index (χ2v) is 14.3. The smallest absolute Gasteiger partial charge is 0.253 e. The number of piperidine rings is 2. The minimum Gasteiger partial charge on any atom is -0.380 e. The molecule has 260 valence electrons. The number of amides is 2. The van der Waals surface area contributed by atoms with E-state index in [0.717, 1.165) is 85.9 Å². The summed E-state index contributed by atoms with van der Waals surface area (Å²) in [6, 6.07) is 15.1. The third-order valence-electron chi connectivity index (χ3n) is 11.0. The highest BCUT2D eigenvalue weighted by Gasteiger charge is 2.41. The number of aromatic amines is 1. The second-order valence-electron chi connectivity index (χ2n) is 14.3. The Labute approximate surface area is 290 Å². The van der Waals surface area contributed by atoms with Gasteiger partial charge in [-0.3, -0.25) is 19.3 Å². The molecule has 49 heavy (non-hydrogen) atoms. The molecule has 2 amide bonds. The summed E-state index contributed by atoms with van der Waals surface area (Å²) in [5, 5.41) is 3.05. The normalized spacial score (nSPS) is 17.8. The number of aryl methyl sites for hydroxylation is 2. The van der Waals surface area contributed by atoms with Gasteiger partial charge >= 0.3 is 0 Å². The number of nitrogens with one attached hydrogen (secondary N) is 2. The van der Waals surface area contributed by atoms with E-state index in [0.29, 0.717) is 29.6 Å². The maximum Gasteiger partial charge on any atom is 0.253 e. The Morgan fingerprint density at radius 1 is 1.02 bits per heavy atom. The van der Waals surface area contributed by atoms with Gasteiger partial charge in [-0.15, -0.1) is 0 Å². The molecule has 6 rings (SSSR count). The van der Waals surface area contributed by atoms with Gasteiger partial charge in [0.05, 0.1) is 13.2 Å². The van der Waals surface area contributed by atoms with Crippen LogP contribution in [-0.2, 0) is 22.6 Å². The lowest BCUT2D eigenvalue weighted by Gasteiger charge is -2.47. The summed E-state index contributed by atoms with van der Waals surface area (Å²) >= 11 is 0. The Kier molecular flexibility index (Phi) is 10.4. The van der Waals surface area contributed by atoms with Crippen molar-refractivity contribution in [2.24, 2.45) is 5.41 Å². The number of pyridine rings is 1. The van der Waals surface area contributed by atoms with E-state index in [1.165, 1.54) is 24.5 Å². The largest absolute Gasteiger partial charge is 0.380 e. The van der Waals surface area contributed by atoms with Crippen molar-refractivity contribution in [1.82, 2.24) is 20.1 Å². The van der Waals surface area contributed by atoms with Crippen molar-refractivity contribution >= 4 is 17.5 Å². The molecule has 1 aromatic heterocycles. The van der Waals surface area contributed by atoms with Crippen LogP contribution in [0.3, 0.4) is 0 Å². The lowest BCUT2D eigenvalue weighted by atomic mass is 9.77. The lowest BCUT2D eigenvalue weighted by Crippen LogP contribution is -2.50. The van der Waals surface area contributed by atoms with E-state index in [2.05, 4.69) is 63.9 Å². The molecule has 3 aliphatic rings. The summed E-state index contributed by atoms with van der Waals surface area (Å²) in [4.78, 5) is 48.6. The molecule has 3 aliphatic heterocycles. The number of hydrogen-bond donors (Lipinski definition) is 2. The van der Waals surface area contributed by atoms with Crippen LogP contribution in [0.5, 0.6) is 0 Å². The van der Waals surface area contributed by atoms with E-state index >= 15 is 0 Å². The molecule has 0 unspecified atom stereocenters. The number of benzene rings is 2. The molecule has 2 aromatic carbocycles. The van der Waals surface area contributed by atoms with Gasteiger partial charge in [0.1, 0.15) is 0 Å². The van der Waals surface area contributed by atoms with Gasteiger partial charge in [-0.25, -0.2) is 0 Å². The van der Waals surface area contributed by atoms with Gasteiger partial charge in [-0.05, 0) is 119 Å². The maximum absolute atomic E-state index is 13.9. The first-order valence-corrected chi connectivity index (χ1v) is 17.8. The summed E-state index contributed by atoms with van der Waals surface area (Å²) in [5.74, 6) is -0.235. The Morgan fingerprint density at radius 2 is 1.71 bits per heavy atom. The van der Waals surface area contributed by atoms with Crippen molar-refractivity contribution in [1.29, 1.82) is 0 Å². The van der Waals surface area contributed by atoms with E-state index in [-0.39, 0.29) is 30.0 Å². The summed E-state index contributed by atoms with van der Waals surface area (Å²) in [5.41, 5.74) is 8.29. The quantitative estimate of drug-likeness (QED) is 0.277. The van der Waals surface area contributed by atoms with Gasteiger partial charge in [-0.1, -0.05) is 30.8 Å². The first-order chi connectivity index (χ1) is 23.6. The Morgan fingerprint density at radius 3 is 2.31 bits per heavy atom. The van der Waals surface area contributed by atoms with Crippen LogP contribution in [-0.4, -0.2) is 78.6 Å². The first-order valence-electron chi connectivity index (χ1n) is 17.8. The monoisotopic (exact) mass is 665 g/mol. The lowest BCUT2D eigenvalue weighted by molar-refractivity contribution is -0.140. The average Bonchev–Trinajstić information content (AvgIpc) is 3.08. The van der Waals surface area contributed by atoms with Crippen molar-refractivity contribution in [3.05, 3.63) is 99.0 Å². The fourth-order valence-electron chi connectivity index (χ4n) is 7.84. The minimum atomic E-state index is -0.209. The maximum atomic E-state index is 13.9. The molecule has 1 spiro atoms. The number of hydrogen-bond acceptors (Lipinski definition) is 6. The SMILES string of the molecule is C=CC(=O)N1CCC(N(CC)c2cc(-c3ccc(CN4CCC5(CC4)COC5)cc3)cc(C(=O)NCc3c(C)cc(C)[nH]c3=O)c2C)CC1. The van der Waals surface area contributed by atoms with Crippen LogP contribution in [0.25, 0.3) is 11.1 Å². The summed E-state index contributed by atoms with van der Waals surface area (Å²) in [7, 11) is 0. The summed E-state index contributed by atoms with van der Waals surface area (Å²) < 4.78 is 5.51. The number of aromatic nitrogens is 1. The number of rotatable bonds is 10. The molecule has 3 aromatic rings. The molecule has 3 saturated heterocycles. The molecule has 0 saturated carbocycles. The number of anilines is 1. The van der Waals surface area contributed by atoms with Gasteiger partial charge in [0.25, 0.3) is 11.5 Å². The highest BCUT2D eigenvalue weighted by Crippen LogP contribution is 2.39. The van der Waals surface area contributed by atoms with E-state index in [9.17, 15) is 14.4 Å². The third kappa shape index (κ3) is 7.53. The summed E-state index contributed by atoms with van der Waals surface area (Å²) in [6.07, 6.45) is 5.48. The second kappa shape index (κ2) is 14.7. The van der Waals surface area contributed by atoms with Crippen LogP contribution in [0.1, 0.15) is 70.9 Å². The van der Waals surface area contributed by atoms with Crippen molar-refractivity contribution in [2.45, 2.75) is 72.5 Å². The van der Waals surface area contributed by atoms with Crippen LogP contribution in [0, 0.1) is 26.2 Å². The topological polar surface area (TPSA) is 98.0 Å². The van der Waals surface area contributed by atoms with Gasteiger partial charge in [-0.2, -0.15) is 0 Å². The molecule has 4 heterocycles. The molecule has 0 radical (unpaired) electrons. The minimum absolute atomic E-state index is 0.0260. The van der Waals surface area contributed by atoms with E-state index < -0.39 is 0 Å². The molecule has 0 aliphatic carbocycles. The standard InChI is InChI=1S/C40H51N5O4/c1-6-37(46)44-16-12-33(13-17-44)45(7-2)36-22-32(21-34(29(36)5)38(47)41-23-35-27(3)20-28(4)42-39(35)48)31-10-8-30(9-11-31)24-43-18-14-40(15-19-43)25-49-26-40/h6,8-11,20-22,33H,1,7,12-19,23-26H2,2-5H3,(H,41,47)(H,42,48). The zero-order valence-electron chi connectivity index (χ0n) is 29.6. The highest BCUT2D eigenvalue weighted by molar-refractivity contribution is 5.99. The number of carbonyl (C=O) groups is 2. The van der Waals surface area contributed by atoms with Crippen LogP contribution >= 0.6 is 0 Å². The molecular weight excluding hydrogens is 614 g/mol. The molecular formula is C40H51N5O4. The van der Waals surface area contributed by atoms with Gasteiger partial charge in [0.15, 0.2) is 0 Å². The zero-order valence-corrected chi connectivity index (χ0v) is 29.6. The Hall–Kier alpha value is -4.21. The van der Waals surface area contributed by atoms with E-state index in [1.807, 2.05) is 37.8 Å². The fourth-order valence-corrected chi connectivity index (χ4v) is 7.84. The zero-order chi connectivity index (χ0) is 34.7. The molecule has 3 fully saturated rings. The number of likely N-dealkylation sites (tertiary alicyclic amines) is 2. The number of ether oxygens (including phenoxy) is 1. The molecule has 0 bridgehead atoms. The van der Waals surface area contributed by atoms with Crippen molar-refractivity contribution in [3.63, 3.8) is 0 Å². The van der Waals surface area contributed by atoms with E-state index in [4.69, 9.17) is 4.74 Å². The van der Waals surface area contributed by atoms with Crippen LogP contribution in [0.15, 0.2) is 59.9 Å². The fraction of sp³-hybridized carbons (Fsp3) is 0.475. The average molecular weight is 666 g/mol. The molecule has 0 atom stereocenters. The Balaban J connectivity index is 1.26. The predicted octanol–water partition coefficient (Wildman–Crippen LogP) is 5.51. The molecule has 9 nitrogen and oxygen atoms in total. The number of H-pyrrole nitrogens is 1. The number of nitrogens with zero attached hydrogens (tertiary/aromatic N) is 3. The number of carbonyl (C=O) groups excluding carboxylic acids is 2. The van der Waals surface area contributed by atoms with Gasteiger partial charge < -0.3 is 24.8 Å². The van der Waals surface area contributed by atoms with Crippen molar-refractivity contribution < 1.29 is 14.3 Å². The predicted molar refractivity (Wildman–Crippen MR) is 195 cm³/mol. The van der Waals surface area contributed by atoms with Crippen molar-refractivity contribution in [3.8, 4) is 11.1 Å². The highest BCUT2D eigenvalue weighted by atomic mass is 16.5. The van der Waals surface area contributed by atoms with Crippen LogP contribution in [0.4, 0.5) is 5.69 Å². The van der Waals surface area contributed by atoms with Crippen LogP contribution < -0.4 is 15.8 Å². The van der Waals surface area contributed by atoms with Gasteiger partial charge in [0, 0.05) is 66.7 Å². The third-order valence-corrected chi connectivity index (χ3v) is 11.0. The summed E-state index contributed by atoms with van der Waals surface area (Å²) in [6.45, 7) is 18.8. The molecule has 2 N–H and O–H groups in total. The Bertz CT molecular complexity index is 1740. The van der Waals surface area contributed by atoms with E-state index in [1.54, 1.807) is 0 Å². The first kappa shape index (κ1) is 34.6. The van der Waals surface area contributed by atoms with Crippen LogP contribution in [0.2, 0.25) is 0 Å².